The molecule has 2 aliphatic rings. The molecule has 2 saturated heterocycles. The molecule has 3 rings (SSSR count). The lowest BCUT2D eigenvalue weighted by molar-refractivity contribution is -0.126. The van der Waals surface area contributed by atoms with Gasteiger partial charge in [0, 0.05) is 51.7 Å². The third kappa shape index (κ3) is 5.97. The summed E-state index contributed by atoms with van der Waals surface area (Å²) in [5.41, 5.74) is 0.989. The molecule has 0 unspecified atom stereocenters. The van der Waals surface area contributed by atoms with Crippen LogP contribution in [0.2, 0.25) is 0 Å². The fraction of sp³-hybridized carbons (Fsp3) is 0.650. The Morgan fingerprint density at radius 1 is 1.10 bits per heavy atom. The van der Waals surface area contributed by atoms with E-state index in [1.54, 1.807) is 12.1 Å². The van der Waals surface area contributed by atoms with Crippen molar-refractivity contribution in [2.24, 2.45) is 5.92 Å². The van der Waals surface area contributed by atoms with Gasteiger partial charge in [-0.2, -0.15) is 0 Å². The van der Waals surface area contributed by atoms with Crippen LogP contribution >= 0.6 is 0 Å². The number of benzene rings is 1. The number of likely N-dealkylation sites (N-methyl/N-ethyl adjacent to an activating group) is 1. The topological polar surface area (TPSA) is 73.0 Å². The number of sulfonamides is 1. The van der Waals surface area contributed by atoms with Gasteiger partial charge in [0.1, 0.15) is 5.82 Å². The molecule has 9 heteroatoms. The van der Waals surface area contributed by atoms with Crippen LogP contribution in [-0.2, 0) is 14.8 Å². The van der Waals surface area contributed by atoms with E-state index in [2.05, 4.69) is 22.2 Å². The number of carbonyl (C=O) groups excluding carboxylic acids is 1. The van der Waals surface area contributed by atoms with Crippen LogP contribution in [0.4, 0.5) is 4.39 Å². The average Bonchev–Trinajstić information content (AvgIpc) is 2.70. The van der Waals surface area contributed by atoms with E-state index in [9.17, 15) is 17.6 Å². The summed E-state index contributed by atoms with van der Waals surface area (Å²) in [7, 11) is -1.11. The molecule has 1 aromatic rings. The highest BCUT2D eigenvalue weighted by molar-refractivity contribution is 7.88. The van der Waals surface area contributed by atoms with E-state index >= 15 is 0 Å². The van der Waals surface area contributed by atoms with E-state index in [4.69, 9.17) is 0 Å². The van der Waals surface area contributed by atoms with E-state index in [-0.39, 0.29) is 23.7 Å². The maximum atomic E-state index is 13.4. The maximum Gasteiger partial charge on any atom is 0.223 e. The van der Waals surface area contributed by atoms with Crippen LogP contribution in [-0.4, -0.2) is 87.5 Å². The monoisotopic (exact) mass is 426 g/mol. The second-order valence-electron chi connectivity index (χ2n) is 8.09. The minimum Gasteiger partial charge on any atom is -0.354 e. The summed E-state index contributed by atoms with van der Waals surface area (Å²) >= 11 is 0. The van der Waals surface area contributed by atoms with Crippen LogP contribution in [0.3, 0.4) is 0 Å². The SMILES string of the molecule is CN1CCN([C@@H](CNC(=O)C2CCN(S(C)(=O)=O)CC2)c2ccc(F)cc2)CC1. The second kappa shape index (κ2) is 9.51. The molecule has 162 valence electrons. The van der Waals surface area contributed by atoms with Crippen molar-refractivity contribution >= 4 is 15.9 Å². The summed E-state index contributed by atoms with van der Waals surface area (Å²) in [6.07, 6.45) is 2.28. The van der Waals surface area contributed by atoms with E-state index in [1.165, 1.54) is 22.7 Å². The Labute approximate surface area is 172 Å². The highest BCUT2D eigenvalue weighted by Gasteiger charge is 2.30. The largest absolute Gasteiger partial charge is 0.354 e. The Bertz CT molecular complexity index is 786. The molecule has 0 spiro atoms. The number of amides is 1. The molecule has 1 amide bonds. The van der Waals surface area contributed by atoms with Gasteiger partial charge >= 0.3 is 0 Å². The summed E-state index contributed by atoms with van der Waals surface area (Å²) < 4.78 is 38.1. The molecule has 1 aromatic carbocycles. The van der Waals surface area contributed by atoms with E-state index in [0.29, 0.717) is 32.5 Å². The predicted molar refractivity (Wildman–Crippen MR) is 110 cm³/mol. The summed E-state index contributed by atoms with van der Waals surface area (Å²) in [4.78, 5) is 17.3. The maximum absolute atomic E-state index is 13.4. The van der Waals surface area contributed by atoms with Crippen LogP contribution < -0.4 is 5.32 Å². The van der Waals surface area contributed by atoms with Gasteiger partial charge in [0.2, 0.25) is 15.9 Å². The van der Waals surface area contributed by atoms with Crippen molar-refractivity contribution in [3.8, 4) is 0 Å². The number of piperazine rings is 1. The van der Waals surface area contributed by atoms with E-state index in [0.717, 1.165) is 31.7 Å². The fourth-order valence-corrected chi connectivity index (χ4v) is 4.94. The van der Waals surface area contributed by atoms with Crippen molar-refractivity contribution < 1.29 is 17.6 Å². The minimum atomic E-state index is -3.20. The lowest BCUT2D eigenvalue weighted by Crippen LogP contribution is -2.49. The smallest absolute Gasteiger partial charge is 0.223 e. The van der Waals surface area contributed by atoms with Gasteiger partial charge in [0.15, 0.2) is 0 Å². The number of rotatable bonds is 6. The first-order valence-electron chi connectivity index (χ1n) is 10.1. The number of hydrogen-bond donors (Lipinski definition) is 1. The first-order chi connectivity index (χ1) is 13.7. The lowest BCUT2D eigenvalue weighted by Gasteiger charge is -2.38. The van der Waals surface area contributed by atoms with Crippen molar-refractivity contribution in [2.45, 2.75) is 18.9 Å². The molecular weight excluding hydrogens is 395 g/mol. The van der Waals surface area contributed by atoms with Crippen LogP contribution in [0.1, 0.15) is 24.4 Å². The van der Waals surface area contributed by atoms with Crippen LogP contribution in [0.15, 0.2) is 24.3 Å². The summed E-state index contributed by atoms with van der Waals surface area (Å²) in [6.45, 7) is 4.92. The number of nitrogens with one attached hydrogen (secondary N) is 1. The molecular formula is C20H31FN4O3S. The number of nitrogens with zero attached hydrogens (tertiary/aromatic N) is 3. The fourth-order valence-electron chi connectivity index (χ4n) is 4.07. The van der Waals surface area contributed by atoms with Gasteiger partial charge in [-0.05, 0) is 37.6 Å². The van der Waals surface area contributed by atoms with Crippen LogP contribution in [0.5, 0.6) is 0 Å². The van der Waals surface area contributed by atoms with Crippen molar-refractivity contribution in [1.29, 1.82) is 0 Å². The highest BCUT2D eigenvalue weighted by Crippen LogP contribution is 2.23. The molecule has 2 heterocycles. The standard InChI is InChI=1S/C20H31FN4O3S/c1-23-11-13-24(14-12-23)19(16-3-5-18(21)6-4-16)15-22-20(26)17-7-9-25(10-8-17)29(2,27)28/h3-6,17,19H,7-15H2,1-2H3,(H,22,26)/t19-/m0/s1. The summed E-state index contributed by atoms with van der Waals surface area (Å²) in [5.74, 6) is -0.471. The molecule has 2 aliphatic heterocycles. The van der Waals surface area contributed by atoms with Crippen molar-refractivity contribution in [2.75, 3.05) is 59.1 Å². The zero-order chi connectivity index (χ0) is 21.0. The third-order valence-electron chi connectivity index (χ3n) is 6.00. The Morgan fingerprint density at radius 3 is 2.24 bits per heavy atom. The number of carbonyl (C=O) groups is 1. The van der Waals surface area contributed by atoms with Gasteiger partial charge in [-0.3, -0.25) is 9.69 Å². The highest BCUT2D eigenvalue weighted by atomic mass is 32.2. The van der Waals surface area contributed by atoms with E-state index in [1.807, 2.05) is 0 Å². The van der Waals surface area contributed by atoms with Gasteiger partial charge in [-0.25, -0.2) is 17.1 Å². The van der Waals surface area contributed by atoms with Gasteiger partial charge in [0.25, 0.3) is 0 Å². The molecule has 1 N–H and O–H groups in total. The Morgan fingerprint density at radius 2 is 1.69 bits per heavy atom. The number of piperidine rings is 1. The van der Waals surface area contributed by atoms with Crippen LogP contribution in [0, 0.1) is 11.7 Å². The third-order valence-corrected chi connectivity index (χ3v) is 7.30. The summed E-state index contributed by atoms with van der Waals surface area (Å²) in [5, 5.41) is 3.07. The Balaban J connectivity index is 1.61. The van der Waals surface area contributed by atoms with Crippen molar-refractivity contribution in [3.05, 3.63) is 35.6 Å². The average molecular weight is 427 g/mol. The molecule has 0 aromatic heterocycles. The zero-order valence-electron chi connectivity index (χ0n) is 17.2. The molecule has 29 heavy (non-hydrogen) atoms. The quantitative estimate of drug-likeness (QED) is 0.732. The molecule has 2 fully saturated rings. The summed E-state index contributed by atoms with van der Waals surface area (Å²) in [6, 6.07) is 6.48. The Hall–Kier alpha value is -1.55. The number of hydrogen-bond acceptors (Lipinski definition) is 5. The van der Waals surface area contributed by atoms with Gasteiger partial charge < -0.3 is 10.2 Å². The molecule has 0 saturated carbocycles. The second-order valence-corrected chi connectivity index (χ2v) is 10.1. The van der Waals surface area contributed by atoms with Crippen LogP contribution in [0.25, 0.3) is 0 Å². The Kier molecular flexibility index (Phi) is 7.26. The molecule has 0 radical (unpaired) electrons. The zero-order valence-corrected chi connectivity index (χ0v) is 18.0. The first kappa shape index (κ1) is 22.1. The number of halogens is 1. The molecule has 0 bridgehead atoms. The normalized spacial score (nSPS) is 21.8. The van der Waals surface area contributed by atoms with E-state index < -0.39 is 10.0 Å². The van der Waals surface area contributed by atoms with Crippen molar-refractivity contribution in [1.82, 2.24) is 19.4 Å². The van der Waals surface area contributed by atoms with Gasteiger partial charge in [-0.1, -0.05) is 12.1 Å². The van der Waals surface area contributed by atoms with Crippen molar-refractivity contribution in [3.63, 3.8) is 0 Å². The predicted octanol–water partition coefficient (Wildman–Crippen LogP) is 0.902. The minimum absolute atomic E-state index is 0.00985. The molecule has 0 aliphatic carbocycles. The molecule has 1 atom stereocenters. The first-order valence-corrected chi connectivity index (χ1v) is 12.0. The lowest BCUT2D eigenvalue weighted by atomic mass is 9.96. The molecule has 7 nitrogen and oxygen atoms in total. The van der Waals surface area contributed by atoms with Gasteiger partial charge in [0.05, 0.1) is 12.3 Å². The van der Waals surface area contributed by atoms with Gasteiger partial charge in [-0.15, -0.1) is 0 Å².